The van der Waals surface area contributed by atoms with Crippen LogP contribution in [0.2, 0.25) is 0 Å². The van der Waals surface area contributed by atoms with Crippen LogP contribution in [0.5, 0.6) is 0 Å². The molecule has 1 unspecified atom stereocenters. The highest BCUT2D eigenvalue weighted by Gasteiger charge is 2.04. The van der Waals surface area contributed by atoms with E-state index in [4.69, 9.17) is 4.74 Å². The molecule has 0 aliphatic rings. The minimum Gasteiger partial charge on any atom is -0.381 e. The first-order chi connectivity index (χ1) is 6.35. The number of unbranched alkanes of at least 4 members (excludes halogenated alkanes) is 2. The zero-order valence-electron chi connectivity index (χ0n) is 9.64. The first-order valence-electron chi connectivity index (χ1n) is 5.92. The van der Waals surface area contributed by atoms with Crippen molar-refractivity contribution in [2.75, 3.05) is 13.2 Å². The van der Waals surface area contributed by atoms with E-state index in [0.717, 1.165) is 19.1 Å². The molecule has 0 aromatic rings. The molecule has 0 radical (unpaired) electrons. The summed E-state index contributed by atoms with van der Waals surface area (Å²) in [6.07, 6.45) is 7.74. The predicted molar refractivity (Wildman–Crippen MR) is 59.0 cm³/mol. The van der Waals surface area contributed by atoms with Crippen LogP contribution in [0.15, 0.2) is 0 Å². The summed E-state index contributed by atoms with van der Waals surface area (Å²) in [4.78, 5) is 0. The fraction of sp³-hybridized carbons (Fsp3) is 1.00. The smallest absolute Gasteiger partial charge is 0.0494 e. The predicted octanol–water partition coefficient (Wildman–Crippen LogP) is 4.02. The highest BCUT2D eigenvalue weighted by molar-refractivity contribution is 4.55. The van der Waals surface area contributed by atoms with Crippen LogP contribution in [0.25, 0.3) is 0 Å². The van der Waals surface area contributed by atoms with E-state index in [-0.39, 0.29) is 0 Å². The molecule has 0 rings (SSSR count). The normalized spacial score (nSPS) is 13.2. The van der Waals surface area contributed by atoms with Gasteiger partial charge in [-0.1, -0.05) is 46.5 Å². The first kappa shape index (κ1) is 13.0. The molecule has 80 valence electrons. The van der Waals surface area contributed by atoms with E-state index in [2.05, 4.69) is 20.8 Å². The van der Waals surface area contributed by atoms with Crippen LogP contribution in [-0.4, -0.2) is 13.2 Å². The molecule has 1 nitrogen and oxygen atoms in total. The molecule has 0 heterocycles. The Bertz CT molecular complexity index is 91.1. The summed E-state index contributed by atoms with van der Waals surface area (Å²) in [6, 6.07) is 0. The van der Waals surface area contributed by atoms with Crippen molar-refractivity contribution in [1.29, 1.82) is 0 Å². The molecule has 0 aromatic carbocycles. The molecule has 0 saturated carbocycles. The monoisotopic (exact) mass is 186 g/mol. The van der Waals surface area contributed by atoms with Gasteiger partial charge in [0.25, 0.3) is 0 Å². The minimum atomic E-state index is 0.803. The van der Waals surface area contributed by atoms with Crippen molar-refractivity contribution in [2.45, 2.75) is 59.3 Å². The molecule has 1 heteroatoms. The summed E-state index contributed by atoms with van der Waals surface area (Å²) < 4.78 is 5.62. The second kappa shape index (κ2) is 10.0. The van der Waals surface area contributed by atoms with Crippen molar-refractivity contribution in [3.63, 3.8) is 0 Å². The van der Waals surface area contributed by atoms with Crippen LogP contribution in [-0.2, 0) is 4.74 Å². The van der Waals surface area contributed by atoms with E-state index in [1.54, 1.807) is 0 Å². The van der Waals surface area contributed by atoms with Crippen molar-refractivity contribution >= 4 is 0 Å². The van der Waals surface area contributed by atoms with Crippen LogP contribution in [0.3, 0.4) is 0 Å². The fourth-order valence-corrected chi connectivity index (χ4v) is 1.39. The molecule has 13 heavy (non-hydrogen) atoms. The van der Waals surface area contributed by atoms with Crippen molar-refractivity contribution < 1.29 is 4.74 Å². The lowest BCUT2D eigenvalue weighted by Gasteiger charge is -2.14. The lowest BCUT2D eigenvalue weighted by atomic mass is 10.0. The van der Waals surface area contributed by atoms with Crippen molar-refractivity contribution in [3.8, 4) is 0 Å². The molecule has 0 N–H and O–H groups in total. The molecule has 0 aliphatic heterocycles. The van der Waals surface area contributed by atoms with Gasteiger partial charge in [-0.05, 0) is 18.8 Å². The Kier molecular flexibility index (Phi) is 10.0. The van der Waals surface area contributed by atoms with Crippen molar-refractivity contribution in [1.82, 2.24) is 0 Å². The topological polar surface area (TPSA) is 9.23 Å². The lowest BCUT2D eigenvalue weighted by Crippen LogP contribution is -2.09. The third kappa shape index (κ3) is 8.29. The summed E-state index contributed by atoms with van der Waals surface area (Å²) in [6.45, 7) is 8.67. The van der Waals surface area contributed by atoms with Gasteiger partial charge in [0, 0.05) is 13.2 Å². The molecular formula is C12H26O. The van der Waals surface area contributed by atoms with Crippen molar-refractivity contribution in [3.05, 3.63) is 0 Å². The third-order valence-electron chi connectivity index (χ3n) is 2.54. The van der Waals surface area contributed by atoms with E-state index >= 15 is 0 Å². The van der Waals surface area contributed by atoms with Crippen LogP contribution >= 0.6 is 0 Å². The Morgan fingerprint density at radius 1 is 1.00 bits per heavy atom. The molecule has 0 saturated heterocycles. The quantitative estimate of drug-likeness (QED) is 0.494. The summed E-state index contributed by atoms with van der Waals surface area (Å²) in [5.41, 5.74) is 0. The zero-order valence-corrected chi connectivity index (χ0v) is 9.64. The fourth-order valence-electron chi connectivity index (χ4n) is 1.39. The van der Waals surface area contributed by atoms with E-state index in [9.17, 15) is 0 Å². The minimum absolute atomic E-state index is 0.803. The summed E-state index contributed by atoms with van der Waals surface area (Å²) >= 11 is 0. The molecular weight excluding hydrogens is 160 g/mol. The average molecular weight is 186 g/mol. The van der Waals surface area contributed by atoms with Crippen molar-refractivity contribution in [2.24, 2.45) is 5.92 Å². The Morgan fingerprint density at radius 3 is 2.23 bits per heavy atom. The van der Waals surface area contributed by atoms with Gasteiger partial charge < -0.3 is 4.74 Å². The van der Waals surface area contributed by atoms with E-state index < -0.39 is 0 Å². The van der Waals surface area contributed by atoms with E-state index in [0.29, 0.717) is 0 Å². The Hall–Kier alpha value is -0.0400. The van der Waals surface area contributed by atoms with Crippen LogP contribution in [0.4, 0.5) is 0 Å². The molecule has 0 bridgehead atoms. The average Bonchev–Trinajstić information content (AvgIpc) is 2.17. The largest absolute Gasteiger partial charge is 0.381 e. The van der Waals surface area contributed by atoms with Gasteiger partial charge in [-0.3, -0.25) is 0 Å². The maximum absolute atomic E-state index is 5.62. The van der Waals surface area contributed by atoms with Gasteiger partial charge in [-0.25, -0.2) is 0 Å². The third-order valence-corrected chi connectivity index (χ3v) is 2.54. The van der Waals surface area contributed by atoms with Gasteiger partial charge in [0.05, 0.1) is 0 Å². The van der Waals surface area contributed by atoms with Gasteiger partial charge >= 0.3 is 0 Å². The van der Waals surface area contributed by atoms with Gasteiger partial charge in [0.1, 0.15) is 0 Å². The number of hydrogen-bond acceptors (Lipinski definition) is 1. The Morgan fingerprint density at radius 2 is 1.69 bits per heavy atom. The first-order valence-corrected chi connectivity index (χ1v) is 5.92. The second-order valence-corrected chi connectivity index (χ2v) is 3.84. The maximum atomic E-state index is 5.62. The molecule has 0 fully saturated rings. The SMILES string of the molecule is CCCCOCC(CC)CCCC. The zero-order chi connectivity index (χ0) is 9.94. The summed E-state index contributed by atoms with van der Waals surface area (Å²) in [7, 11) is 0. The highest BCUT2D eigenvalue weighted by Crippen LogP contribution is 2.12. The van der Waals surface area contributed by atoms with E-state index in [1.807, 2.05) is 0 Å². The number of rotatable bonds is 9. The van der Waals surface area contributed by atoms with Gasteiger partial charge in [-0.15, -0.1) is 0 Å². The van der Waals surface area contributed by atoms with Crippen LogP contribution in [0.1, 0.15) is 59.3 Å². The van der Waals surface area contributed by atoms with Gasteiger partial charge in [0.15, 0.2) is 0 Å². The molecule has 0 amide bonds. The number of hydrogen-bond donors (Lipinski definition) is 0. The van der Waals surface area contributed by atoms with Gasteiger partial charge in [0.2, 0.25) is 0 Å². The lowest BCUT2D eigenvalue weighted by molar-refractivity contribution is 0.0918. The summed E-state index contributed by atoms with van der Waals surface area (Å²) in [5.74, 6) is 0.803. The second-order valence-electron chi connectivity index (χ2n) is 3.84. The Balaban J connectivity index is 3.25. The maximum Gasteiger partial charge on any atom is 0.0494 e. The standard InChI is InChI=1S/C12H26O/c1-4-7-9-12(6-3)11-13-10-8-5-2/h12H,4-11H2,1-3H3. The van der Waals surface area contributed by atoms with Crippen LogP contribution < -0.4 is 0 Å². The number of ether oxygens (including phenoxy) is 1. The van der Waals surface area contributed by atoms with E-state index in [1.165, 1.54) is 38.5 Å². The molecule has 0 spiro atoms. The Labute approximate surface area is 83.9 Å². The highest BCUT2D eigenvalue weighted by atomic mass is 16.5. The summed E-state index contributed by atoms with van der Waals surface area (Å²) in [5, 5.41) is 0. The van der Waals surface area contributed by atoms with Gasteiger partial charge in [-0.2, -0.15) is 0 Å². The van der Waals surface area contributed by atoms with Crippen LogP contribution in [0, 0.1) is 5.92 Å². The molecule has 1 atom stereocenters. The molecule has 0 aromatic heterocycles. The molecule has 0 aliphatic carbocycles.